The maximum Gasteiger partial charge on any atom is 0.306 e. The van der Waals surface area contributed by atoms with Gasteiger partial charge in [0.25, 0.3) is 0 Å². The fourth-order valence-corrected chi connectivity index (χ4v) is 1.00. The van der Waals surface area contributed by atoms with Crippen LogP contribution in [0.25, 0.3) is 0 Å². The van der Waals surface area contributed by atoms with Crippen LogP contribution in [-0.4, -0.2) is 11.1 Å². The van der Waals surface area contributed by atoms with Gasteiger partial charge in [-0.1, -0.05) is 39.5 Å². The lowest BCUT2D eigenvalue weighted by atomic mass is 10.0. The van der Waals surface area contributed by atoms with Crippen LogP contribution >= 0.6 is 17.0 Å². The maximum absolute atomic E-state index is 10.4. The Bertz CT molecular complexity index is 115. The first kappa shape index (κ1) is 14.5. The normalized spacial score (nSPS) is 11.8. The van der Waals surface area contributed by atoms with E-state index in [1.54, 1.807) is 6.92 Å². The van der Waals surface area contributed by atoms with Crippen molar-refractivity contribution in [2.75, 3.05) is 0 Å². The van der Waals surface area contributed by atoms with Gasteiger partial charge in [0.1, 0.15) is 0 Å². The van der Waals surface area contributed by atoms with E-state index in [4.69, 9.17) is 5.11 Å². The summed E-state index contributed by atoms with van der Waals surface area (Å²) in [6, 6.07) is 0. The molecule has 0 aliphatic rings. The standard InChI is InChI=1S/C9H18O2.BrH/c1-3-4-5-6-7-8(2)9(10)11;/h8H,3-7H2,1-2H3,(H,10,11);1H. The van der Waals surface area contributed by atoms with E-state index in [0.29, 0.717) is 0 Å². The first-order valence-corrected chi connectivity index (χ1v) is 4.41. The van der Waals surface area contributed by atoms with Gasteiger partial charge in [-0.2, -0.15) is 0 Å². The number of unbranched alkanes of at least 4 members (excludes halogenated alkanes) is 3. The smallest absolute Gasteiger partial charge is 0.306 e. The molecule has 2 nitrogen and oxygen atoms in total. The summed E-state index contributed by atoms with van der Waals surface area (Å²) in [7, 11) is 0. The first-order chi connectivity index (χ1) is 5.18. The highest BCUT2D eigenvalue weighted by atomic mass is 79.9. The number of halogens is 1. The number of carboxylic acid groups (broad SMARTS) is 1. The van der Waals surface area contributed by atoms with Gasteiger partial charge in [0.2, 0.25) is 0 Å². The summed E-state index contributed by atoms with van der Waals surface area (Å²) in [5.41, 5.74) is 0. The van der Waals surface area contributed by atoms with E-state index >= 15 is 0 Å². The summed E-state index contributed by atoms with van der Waals surface area (Å²) in [6.45, 7) is 3.93. The third-order valence-corrected chi connectivity index (χ3v) is 1.91. The van der Waals surface area contributed by atoms with Gasteiger partial charge >= 0.3 is 5.97 Å². The molecular formula is C9H19BrO2. The Labute approximate surface area is 85.1 Å². The van der Waals surface area contributed by atoms with Crippen molar-refractivity contribution in [3.63, 3.8) is 0 Å². The van der Waals surface area contributed by atoms with Gasteiger partial charge in [0.15, 0.2) is 0 Å². The monoisotopic (exact) mass is 238 g/mol. The van der Waals surface area contributed by atoms with Gasteiger partial charge in [-0.25, -0.2) is 0 Å². The molecule has 1 atom stereocenters. The van der Waals surface area contributed by atoms with E-state index in [1.165, 1.54) is 19.3 Å². The molecule has 0 fully saturated rings. The quantitative estimate of drug-likeness (QED) is 0.722. The molecule has 0 aromatic rings. The van der Waals surface area contributed by atoms with Crippen molar-refractivity contribution >= 4 is 23.0 Å². The molecule has 1 N–H and O–H groups in total. The van der Waals surface area contributed by atoms with Crippen LogP contribution in [0, 0.1) is 5.92 Å². The molecule has 0 amide bonds. The molecule has 3 heteroatoms. The van der Waals surface area contributed by atoms with E-state index < -0.39 is 5.97 Å². The molecular weight excluding hydrogens is 220 g/mol. The van der Waals surface area contributed by atoms with Gasteiger partial charge in [0, 0.05) is 0 Å². The van der Waals surface area contributed by atoms with Crippen molar-refractivity contribution in [3.05, 3.63) is 0 Å². The fraction of sp³-hybridized carbons (Fsp3) is 0.889. The number of hydrogen-bond acceptors (Lipinski definition) is 1. The molecule has 0 aromatic carbocycles. The molecule has 0 saturated heterocycles. The summed E-state index contributed by atoms with van der Waals surface area (Å²) in [5, 5.41) is 8.54. The summed E-state index contributed by atoms with van der Waals surface area (Å²) in [6.07, 6.45) is 5.50. The molecule has 0 rings (SSSR count). The fourth-order valence-electron chi connectivity index (χ4n) is 1.00. The summed E-state index contributed by atoms with van der Waals surface area (Å²) in [5.74, 6) is -0.826. The van der Waals surface area contributed by atoms with Crippen molar-refractivity contribution in [1.29, 1.82) is 0 Å². The predicted octanol–water partition coefficient (Wildman–Crippen LogP) is 3.26. The van der Waals surface area contributed by atoms with Crippen LogP contribution in [0.2, 0.25) is 0 Å². The molecule has 0 aliphatic heterocycles. The molecule has 0 aliphatic carbocycles. The third-order valence-electron chi connectivity index (χ3n) is 1.91. The molecule has 74 valence electrons. The average molecular weight is 239 g/mol. The van der Waals surface area contributed by atoms with Gasteiger partial charge in [-0.3, -0.25) is 4.79 Å². The van der Waals surface area contributed by atoms with Crippen molar-refractivity contribution in [2.45, 2.75) is 46.0 Å². The van der Waals surface area contributed by atoms with Crippen LogP contribution in [0.3, 0.4) is 0 Å². The van der Waals surface area contributed by atoms with Crippen LogP contribution in [0.1, 0.15) is 46.0 Å². The van der Waals surface area contributed by atoms with E-state index in [0.717, 1.165) is 12.8 Å². The number of rotatable bonds is 6. The number of carbonyl (C=O) groups is 1. The lowest BCUT2D eigenvalue weighted by Gasteiger charge is -2.04. The van der Waals surface area contributed by atoms with Gasteiger partial charge in [-0.05, 0) is 6.42 Å². The van der Waals surface area contributed by atoms with Crippen LogP contribution in [0.15, 0.2) is 0 Å². The van der Waals surface area contributed by atoms with E-state index in [9.17, 15) is 4.79 Å². The van der Waals surface area contributed by atoms with Crippen molar-refractivity contribution in [2.24, 2.45) is 5.92 Å². The Balaban J connectivity index is 0. The molecule has 0 saturated carbocycles. The van der Waals surface area contributed by atoms with E-state index in [-0.39, 0.29) is 22.9 Å². The second-order valence-electron chi connectivity index (χ2n) is 3.09. The molecule has 0 bridgehead atoms. The maximum atomic E-state index is 10.4. The van der Waals surface area contributed by atoms with Gasteiger partial charge in [-0.15, -0.1) is 17.0 Å². The Kier molecular flexibility index (Phi) is 10.9. The second-order valence-corrected chi connectivity index (χ2v) is 3.09. The highest BCUT2D eigenvalue weighted by molar-refractivity contribution is 8.93. The minimum absolute atomic E-state index is 0. The lowest BCUT2D eigenvalue weighted by Crippen LogP contribution is -2.08. The SMILES string of the molecule is Br.CCCCCCC(C)C(=O)O. The van der Waals surface area contributed by atoms with Crippen molar-refractivity contribution in [1.82, 2.24) is 0 Å². The second kappa shape index (κ2) is 9.04. The zero-order valence-corrected chi connectivity index (χ0v) is 9.59. The first-order valence-electron chi connectivity index (χ1n) is 4.41. The number of hydrogen-bond donors (Lipinski definition) is 1. The predicted molar refractivity (Wildman–Crippen MR) is 55.9 cm³/mol. The molecule has 0 spiro atoms. The number of carboxylic acids is 1. The topological polar surface area (TPSA) is 37.3 Å². The van der Waals surface area contributed by atoms with Crippen LogP contribution in [0.4, 0.5) is 0 Å². The Morgan fingerprint density at radius 3 is 2.33 bits per heavy atom. The Hall–Kier alpha value is -0.0500. The van der Waals surface area contributed by atoms with Gasteiger partial charge in [0.05, 0.1) is 5.92 Å². The summed E-state index contributed by atoms with van der Waals surface area (Å²) >= 11 is 0. The molecule has 0 aromatic heterocycles. The van der Waals surface area contributed by atoms with Gasteiger partial charge < -0.3 is 5.11 Å². The minimum Gasteiger partial charge on any atom is -0.481 e. The summed E-state index contributed by atoms with van der Waals surface area (Å²) in [4.78, 5) is 10.4. The van der Waals surface area contributed by atoms with Crippen molar-refractivity contribution in [3.8, 4) is 0 Å². The highest BCUT2D eigenvalue weighted by Gasteiger charge is 2.08. The average Bonchev–Trinajstić information content (AvgIpc) is 1.97. The molecule has 0 radical (unpaired) electrons. The minimum atomic E-state index is -0.665. The zero-order chi connectivity index (χ0) is 8.69. The van der Waals surface area contributed by atoms with Crippen LogP contribution in [-0.2, 0) is 4.79 Å². The molecule has 1 unspecified atom stereocenters. The zero-order valence-electron chi connectivity index (χ0n) is 7.88. The Morgan fingerprint density at radius 1 is 1.33 bits per heavy atom. The number of aliphatic carboxylic acids is 1. The third kappa shape index (κ3) is 8.05. The molecule has 12 heavy (non-hydrogen) atoms. The van der Waals surface area contributed by atoms with Crippen molar-refractivity contribution < 1.29 is 9.90 Å². The largest absolute Gasteiger partial charge is 0.481 e. The van der Waals surface area contributed by atoms with E-state index in [1.807, 2.05) is 0 Å². The van der Waals surface area contributed by atoms with E-state index in [2.05, 4.69) is 6.92 Å². The lowest BCUT2D eigenvalue weighted by molar-refractivity contribution is -0.141. The Morgan fingerprint density at radius 2 is 1.92 bits per heavy atom. The van der Waals surface area contributed by atoms with Crippen LogP contribution < -0.4 is 0 Å². The molecule has 0 heterocycles. The van der Waals surface area contributed by atoms with Crippen LogP contribution in [0.5, 0.6) is 0 Å². The highest BCUT2D eigenvalue weighted by Crippen LogP contribution is 2.09. The summed E-state index contributed by atoms with van der Waals surface area (Å²) < 4.78 is 0.